The normalized spacial score (nSPS) is 17.6. The summed E-state index contributed by atoms with van der Waals surface area (Å²) >= 11 is 0. The number of carbonyl (C=O) groups is 2. The highest BCUT2D eigenvalue weighted by molar-refractivity contribution is 7.47. The molecule has 1 rings (SSSR count). The van der Waals surface area contributed by atoms with E-state index in [0.717, 1.165) is 57.8 Å². The van der Waals surface area contributed by atoms with Crippen LogP contribution in [-0.4, -0.2) is 87.1 Å². The number of likely N-dealkylation sites (N-methyl/N-ethyl adjacent to an activating group) is 1. The van der Waals surface area contributed by atoms with Crippen molar-refractivity contribution in [2.75, 3.05) is 47.5 Å². The van der Waals surface area contributed by atoms with Gasteiger partial charge in [-0.15, -0.1) is 0 Å². The molecule has 57 heavy (non-hydrogen) atoms. The maximum absolute atomic E-state index is 12.7. The summed E-state index contributed by atoms with van der Waals surface area (Å²) < 4.78 is 40.0. The summed E-state index contributed by atoms with van der Waals surface area (Å²) in [6.07, 6.45) is 42.0. The SMILES string of the molecule is CCCCCCCC/C=C\CCCCCCCC(=O)OC[C@H](COP(=O)(O)OCC[N+](C)(C)C)OC(=O)CCC/C=C\C/C=C\C/C=C\CC1OC1CCCCC. The summed E-state index contributed by atoms with van der Waals surface area (Å²) in [5.74, 6) is -0.881. The number of carbonyl (C=O) groups excluding carboxylic acids is 2. The number of allylic oxidation sites excluding steroid dienone is 7. The first kappa shape index (κ1) is 52.9. The Balaban J connectivity index is 2.32. The highest BCUT2D eigenvalue weighted by Gasteiger charge is 2.36. The zero-order chi connectivity index (χ0) is 41.9. The quantitative estimate of drug-likeness (QED) is 0.0161. The molecule has 0 aliphatic carbocycles. The van der Waals surface area contributed by atoms with Gasteiger partial charge in [0.15, 0.2) is 6.10 Å². The van der Waals surface area contributed by atoms with Gasteiger partial charge in [0.2, 0.25) is 0 Å². The van der Waals surface area contributed by atoms with Gasteiger partial charge in [0.05, 0.1) is 40.0 Å². The second-order valence-electron chi connectivity index (χ2n) is 16.5. The number of ether oxygens (including phenoxy) is 3. The van der Waals surface area contributed by atoms with Crippen molar-refractivity contribution in [2.45, 2.75) is 186 Å². The van der Waals surface area contributed by atoms with Crippen molar-refractivity contribution in [2.24, 2.45) is 0 Å². The first-order chi connectivity index (χ1) is 27.5. The molecule has 11 heteroatoms. The van der Waals surface area contributed by atoms with E-state index in [9.17, 15) is 19.0 Å². The molecule has 4 atom stereocenters. The smallest absolute Gasteiger partial charge is 0.462 e. The van der Waals surface area contributed by atoms with Crippen molar-refractivity contribution < 1.29 is 46.8 Å². The number of phosphoric acid groups is 1. The van der Waals surface area contributed by atoms with Gasteiger partial charge in [-0.2, -0.15) is 0 Å². The van der Waals surface area contributed by atoms with Crippen LogP contribution >= 0.6 is 7.82 Å². The van der Waals surface area contributed by atoms with Crippen LogP contribution in [0.25, 0.3) is 0 Å². The lowest BCUT2D eigenvalue weighted by Gasteiger charge is -2.24. The van der Waals surface area contributed by atoms with Crippen molar-refractivity contribution in [3.8, 4) is 0 Å². The number of unbranched alkanes of at least 4 members (excludes halogenated alkanes) is 14. The van der Waals surface area contributed by atoms with Crippen LogP contribution < -0.4 is 0 Å². The van der Waals surface area contributed by atoms with E-state index in [-0.39, 0.29) is 26.1 Å². The van der Waals surface area contributed by atoms with Gasteiger partial charge in [0.1, 0.15) is 19.8 Å². The van der Waals surface area contributed by atoms with E-state index in [0.29, 0.717) is 36.1 Å². The molecule has 330 valence electrons. The molecule has 0 amide bonds. The molecule has 0 saturated carbocycles. The monoisotopic (exact) mass is 825 g/mol. The molecule has 0 radical (unpaired) electrons. The topological polar surface area (TPSA) is 121 Å². The van der Waals surface area contributed by atoms with Crippen LogP contribution in [0.3, 0.4) is 0 Å². The van der Waals surface area contributed by atoms with Crippen molar-refractivity contribution in [1.29, 1.82) is 0 Å². The third-order valence-electron chi connectivity index (χ3n) is 9.76. The van der Waals surface area contributed by atoms with Crippen LogP contribution in [0.4, 0.5) is 0 Å². The van der Waals surface area contributed by atoms with Gasteiger partial charge in [-0.3, -0.25) is 18.6 Å². The molecular formula is C46H83NO9P+. The molecule has 0 bridgehead atoms. The predicted molar refractivity (Wildman–Crippen MR) is 233 cm³/mol. The summed E-state index contributed by atoms with van der Waals surface area (Å²) in [4.78, 5) is 35.4. The molecule has 3 unspecified atom stereocenters. The molecule has 1 aliphatic heterocycles. The summed E-state index contributed by atoms with van der Waals surface area (Å²) in [6.45, 7) is 4.30. The third kappa shape index (κ3) is 35.6. The molecule has 10 nitrogen and oxygen atoms in total. The number of phosphoric ester groups is 1. The summed E-state index contributed by atoms with van der Waals surface area (Å²) in [5.41, 5.74) is 0. The number of epoxide rings is 1. The Morgan fingerprint density at radius 1 is 0.649 bits per heavy atom. The Morgan fingerprint density at radius 3 is 1.86 bits per heavy atom. The molecule has 0 aromatic carbocycles. The van der Waals surface area contributed by atoms with Gasteiger partial charge in [-0.25, -0.2) is 4.57 Å². The first-order valence-electron chi connectivity index (χ1n) is 22.5. The number of nitrogens with zero attached hydrogens (tertiary/aromatic N) is 1. The van der Waals surface area contributed by atoms with Crippen molar-refractivity contribution >= 4 is 19.8 Å². The van der Waals surface area contributed by atoms with Crippen LogP contribution in [0.15, 0.2) is 48.6 Å². The van der Waals surface area contributed by atoms with Crippen LogP contribution in [0.5, 0.6) is 0 Å². The van der Waals surface area contributed by atoms with E-state index in [1.54, 1.807) is 0 Å². The average Bonchev–Trinajstić information content (AvgIpc) is 3.91. The van der Waals surface area contributed by atoms with Crippen LogP contribution in [0.2, 0.25) is 0 Å². The van der Waals surface area contributed by atoms with Gasteiger partial charge in [0, 0.05) is 12.8 Å². The summed E-state index contributed by atoms with van der Waals surface area (Å²) in [7, 11) is 1.43. The van der Waals surface area contributed by atoms with Gasteiger partial charge in [-0.05, 0) is 70.6 Å². The lowest BCUT2D eigenvalue weighted by Crippen LogP contribution is -2.37. The number of quaternary nitrogens is 1. The largest absolute Gasteiger partial charge is 0.472 e. The Bertz CT molecular complexity index is 1180. The lowest BCUT2D eigenvalue weighted by molar-refractivity contribution is -0.870. The van der Waals surface area contributed by atoms with Crippen LogP contribution in [0.1, 0.15) is 168 Å². The third-order valence-corrected chi connectivity index (χ3v) is 10.7. The van der Waals surface area contributed by atoms with Gasteiger partial charge < -0.3 is 23.6 Å². The lowest BCUT2D eigenvalue weighted by atomic mass is 10.1. The van der Waals surface area contributed by atoms with E-state index in [4.69, 9.17) is 23.3 Å². The van der Waals surface area contributed by atoms with E-state index in [1.807, 2.05) is 27.2 Å². The maximum Gasteiger partial charge on any atom is 0.472 e. The molecule has 1 saturated heterocycles. The fourth-order valence-electron chi connectivity index (χ4n) is 6.09. The van der Waals surface area contributed by atoms with E-state index in [1.165, 1.54) is 70.6 Å². The predicted octanol–water partition coefficient (Wildman–Crippen LogP) is 11.7. The molecule has 0 aromatic rings. The molecule has 0 spiro atoms. The number of hydrogen-bond donors (Lipinski definition) is 1. The van der Waals surface area contributed by atoms with Gasteiger partial charge >= 0.3 is 19.8 Å². The second-order valence-corrected chi connectivity index (χ2v) is 17.9. The minimum Gasteiger partial charge on any atom is -0.462 e. The van der Waals surface area contributed by atoms with Crippen molar-refractivity contribution in [3.63, 3.8) is 0 Å². The Kier molecular flexibility index (Phi) is 32.3. The Hall–Kier alpha value is -2.07. The zero-order valence-corrected chi connectivity index (χ0v) is 37.7. The molecule has 1 N–H and O–H groups in total. The van der Waals surface area contributed by atoms with Crippen LogP contribution in [0, 0.1) is 0 Å². The summed E-state index contributed by atoms with van der Waals surface area (Å²) in [6, 6.07) is 0. The van der Waals surface area contributed by atoms with E-state index in [2.05, 4.69) is 56.4 Å². The highest BCUT2D eigenvalue weighted by atomic mass is 31.2. The van der Waals surface area contributed by atoms with Crippen molar-refractivity contribution in [3.05, 3.63) is 48.6 Å². The number of rotatable bonds is 39. The molecule has 0 aromatic heterocycles. The van der Waals surface area contributed by atoms with E-state index < -0.39 is 32.5 Å². The molecular weight excluding hydrogens is 741 g/mol. The van der Waals surface area contributed by atoms with Crippen molar-refractivity contribution in [1.82, 2.24) is 0 Å². The van der Waals surface area contributed by atoms with E-state index >= 15 is 0 Å². The maximum atomic E-state index is 12.7. The van der Waals surface area contributed by atoms with Gasteiger partial charge in [0.25, 0.3) is 0 Å². The standard InChI is InChI=1S/C46H82NO9P/c1-6-8-10-11-12-13-14-15-16-17-18-22-25-28-32-36-45(48)52-40-42(41-54-57(50,51)53-39-38-47(3,4)5)55-46(49)37-33-29-26-23-20-19-21-24-27-31-35-44-43(56-44)34-30-9-7-2/h15-16,19,21,23,26-27,31,42-44H,6-14,17-18,20,22,24-25,28-30,32-41H2,1-5H3/p+1/b16-15-,21-19-,26-23-,31-27-/t42-,43?,44?/m1/s1. The molecule has 1 heterocycles. The number of esters is 2. The molecule has 1 fully saturated rings. The minimum absolute atomic E-state index is 0.0168. The Labute approximate surface area is 348 Å². The number of hydrogen-bond acceptors (Lipinski definition) is 8. The minimum atomic E-state index is -4.40. The average molecular weight is 825 g/mol. The van der Waals surface area contributed by atoms with Crippen LogP contribution in [-0.2, 0) is 37.4 Å². The fraction of sp³-hybridized carbons (Fsp3) is 0.783. The van der Waals surface area contributed by atoms with Gasteiger partial charge in [-0.1, -0.05) is 133 Å². The Morgan fingerprint density at radius 2 is 1.19 bits per heavy atom. The zero-order valence-electron chi connectivity index (χ0n) is 36.8. The first-order valence-corrected chi connectivity index (χ1v) is 24.0. The highest BCUT2D eigenvalue weighted by Crippen LogP contribution is 2.43. The summed E-state index contributed by atoms with van der Waals surface area (Å²) in [5, 5.41) is 0. The fourth-order valence-corrected chi connectivity index (χ4v) is 6.84. The second kappa shape index (κ2) is 34.8. The molecule has 1 aliphatic rings.